The van der Waals surface area contributed by atoms with E-state index in [1.54, 1.807) is 6.92 Å². The first-order valence-electron chi connectivity index (χ1n) is 6.25. The Morgan fingerprint density at radius 1 is 1.25 bits per heavy atom. The van der Waals surface area contributed by atoms with Crippen molar-refractivity contribution in [3.05, 3.63) is 35.6 Å². The molecule has 0 aromatic heterocycles. The number of benzene rings is 1. The van der Waals surface area contributed by atoms with Crippen LogP contribution in [0.2, 0.25) is 0 Å². The van der Waals surface area contributed by atoms with E-state index in [4.69, 9.17) is 5.11 Å². The largest absolute Gasteiger partial charge is 0.480 e. The molecule has 0 radical (unpaired) electrons. The van der Waals surface area contributed by atoms with E-state index in [2.05, 4.69) is 5.32 Å². The lowest BCUT2D eigenvalue weighted by Gasteiger charge is -2.14. The minimum absolute atomic E-state index is 0.0366. The minimum Gasteiger partial charge on any atom is -0.480 e. The van der Waals surface area contributed by atoms with Crippen LogP contribution in [-0.2, 0) is 9.59 Å². The summed E-state index contributed by atoms with van der Waals surface area (Å²) in [5, 5.41) is 11.3. The Morgan fingerprint density at radius 2 is 1.85 bits per heavy atom. The second kappa shape index (κ2) is 7.37. The second-order valence-electron chi connectivity index (χ2n) is 4.30. The van der Waals surface area contributed by atoms with Crippen molar-refractivity contribution in [2.24, 2.45) is 0 Å². The highest BCUT2D eigenvalue weighted by molar-refractivity contribution is 5.96. The zero-order chi connectivity index (χ0) is 15.1. The van der Waals surface area contributed by atoms with Gasteiger partial charge in [0.15, 0.2) is 0 Å². The molecule has 0 aliphatic rings. The average molecular weight is 281 g/mol. The molecule has 1 aromatic carbocycles. The number of halogens is 1. The van der Waals surface area contributed by atoms with Crippen LogP contribution < -0.4 is 5.32 Å². The predicted octanol–water partition coefficient (Wildman–Crippen LogP) is 1.77. The highest BCUT2D eigenvalue weighted by atomic mass is 19.1. The third-order valence-corrected chi connectivity index (χ3v) is 2.82. The summed E-state index contributed by atoms with van der Waals surface area (Å²) in [6, 6.07) is 3.63. The fourth-order valence-corrected chi connectivity index (χ4v) is 1.58. The van der Waals surface area contributed by atoms with Crippen molar-refractivity contribution in [3.63, 3.8) is 0 Å². The number of carboxylic acids is 1. The molecule has 6 heteroatoms. The van der Waals surface area contributed by atoms with Gasteiger partial charge in [0.2, 0.25) is 0 Å². The van der Waals surface area contributed by atoms with Gasteiger partial charge in [0.05, 0.1) is 0 Å². The van der Waals surface area contributed by atoms with Crippen LogP contribution in [0.15, 0.2) is 24.3 Å². The summed E-state index contributed by atoms with van der Waals surface area (Å²) >= 11 is 0. The van der Waals surface area contributed by atoms with Crippen LogP contribution >= 0.6 is 0 Å². The van der Waals surface area contributed by atoms with Gasteiger partial charge in [-0.1, -0.05) is 6.92 Å². The molecular formula is C14H16FNO4. The maximum Gasteiger partial charge on any atom is 0.326 e. The van der Waals surface area contributed by atoms with E-state index >= 15 is 0 Å². The van der Waals surface area contributed by atoms with Crippen molar-refractivity contribution in [1.29, 1.82) is 0 Å². The fourth-order valence-electron chi connectivity index (χ4n) is 1.58. The number of aliphatic carboxylic acids is 1. The molecule has 1 aromatic rings. The summed E-state index contributed by atoms with van der Waals surface area (Å²) in [6.07, 6.45) is 0.463. The molecule has 1 rings (SSSR count). The Morgan fingerprint density at radius 3 is 2.35 bits per heavy atom. The minimum atomic E-state index is -1.20. The monoisotopic (exact) mass is 281 g/mol. The predicted molar refractivity (Wildman–Crippen MR) is 69.8 cm³/mol. The molecule has 2 N–H and O–H groups in total. The third-order valence-electron chi connectivity index (χ3n) is 2.82. The molecule has 0 aliphatic carbocycles. The lowest BCUT2D eigenvalue weighted by Crippen LogP contribution is -2.41. The number of nitrogens with one attached hydrogen (secondary N) is 1. The molecule has 0 unspecified atom stereocenters. The Hall–Kier alpha value is -2.24. The van der Waals surface area contributed by atoms with Crippen molar-refractivity contribution >= 4 is 17.7 Å². The van der Waals surface area contributed by atoms with Crippen LogP contribution in [0.5, 0.6) is 0 Å². The molecule has 1 amide bonds. The number of amides is 1. The van der Waals surface area contributed by atoms with E-state index in [0.717, 1.165) is 12.1 Å². The van der Waals surface area contributed by atoms with Crippen molar-refractivity contribution in [2.45, 2.75) is 32.2 Å². The summed E-state index contributed by atoms with van der Waals surface area (Å²) in [6.45, 7) is 1.69. The highest BCUT2D eigenvalue weighted by Crippen LogP contribution is 2.06. The Kier molecular flexibility index (Phi) is 5.83. The summed E-state index contributed by atoms with van der Waals surface area (Å²) < 4.78 is 12.7. The number of Topliss-reactive ketones (excluding diaryl/α,β-unsaturated/α-hetero) is 1. The molecule has 0 saturated carbocycles. The van der Waals surface area contributed by atoms with E-state index in [1.807, 2.05) is 0 Å². The van der Waals surface area contributed by atoms with Gasteiger partial charge in [-0.2, -0.15) is 0 Å². The topological polar surface area (TPSA) is 83.5 Å². The van der Waals surface area contributed by atoms with Crippen molar-refractivity contribution in [3.8, 4) is 0 Å². The standard InChI is InChI=1S/C14H16FNO4/c1-2-11(17)7-8-12(14(19)20)16-13(18)9-3-5-10(15)6-4-9/h3-6,12H,2,7-8H2,1H3,(H,16,18)(H,19,20)/t12-/m1/s1. The van der Waals surface area contributed by atoms with Crippen molar-refractivity contribution in [2.75, 3.05) is 0 Å². The zero-order valence-electron chi connectivity index (χ0n) is 11.1. The number of carbonyl (C=O) groups is 3. The van der Waals surface area contributed by atoms with Gasteiger partial charge < -0.3 is 10.4 Å². The normalized spacial score (nSPS) is 11.7. The first-order chi connectivity index (χ1) is 9.43. The number of ketones is 1. The quantitative estimate of drug-likeness (QED) is 0.797. The van der Waals surface area contributed by atoms with E-state index in [9.17, 15) is 18.8 Å². The molecule has 0 fully saturated rings. The van der Waals surface area contributed by atoms with E-state index in [1.165, 1.54) is 12.1 Å². The van der Waals surface area contributed by atoms with E-state index in [0.29, 0.717) is 6.42 Å². The lowest BCUT2D eigenvalue weighted by molar-refractivity contribution is -0.139. The summed E-state index contributed by atoms with van der Waals surface area (Å²) in [5.74, 6) is -2.36. The lowest BCUT2D eigenvalue weighted by atomic mass is 10.1. The van der Waals surface area contributed by atoms with E-state index < -0.39 is 23.7 Å². The van der Waals surface area contributed by atoms with Crippen LogP contribution in [-0.4, -0.2) is 28.8 Å². The van der Waals surface area contributed by atoms with Crippen LogP contribution in [0, 0.1) is 5.82 Å². The number of carboxylic acid groups (broad SMARTS) is 1. The Balaban J connectivity index is 2.65. The average Bonchev–Trinajstić information content (AvgIpc) is 2.43. The summed E-state index contributed by atoms with van der Waals surface area (Å²) in [5.41, 5.74) is 0.166. The molecule has 20 heavy (non-hydrogen) atoms. The van der Waals surface area contributed by atoms with E-state index in [-0.39, 0.29) is 24.2 Å². The molecule has 0 heterocycles. The molecule has 0 aliphatic heterocycles. The number of hydrogen-bond acceptors (Lipinski definition) is 3. The van der Waals surface area contributed by atoms with Crippen molar-refractivity contribution in [1.82, 2.24) is 5.32 Å². The first-order valence-corrected chi connectivity index (χ1v) is 6.25. The number of carbonyl (C=O) groups excluding carboxylic acids is 2. The van der Waals surface area contributed by atoms with Gasteiger partial charge in [0.25, 0.3) is 5.91 Å². The van der Waals surface area contributed by atoms with Gasteiger partial charge in [-0.25, -0.2) is 9.18 Å². The zero-order valence-corrected chi connectivity index (χ0v) is 11.1. The van der Waals surface area contributed by atoms with Gasteiger partial charge in [-0.3, -0.25) is 9.59 Å². The van der Waals surface area contributed by atoms with Crippen LogP contribution in [0.4, 0.5) is 4.39 Å². The molecular weight excluding hydrogens is 265 g/mol. The molecule has 1 atom stereocenters. The molecule has 108 valence electrons. The molecule has 0 bridgehead atoms. The van der Waals surface area contributed by atoms with Gasteiger partial charge in [-0.15, -0.1) is 0 Å². The highest BCUT2D eigenvalue weighted by Gasteiger charge is 2.21. The fraction of sp³-hybridized carbons (Fsp3) is 0.357. The van der Waals surface area contributed by atoms with Gasteiger partial charge in [0, 0.05) is 18.4 Å². The Labute approximate surface area is 115 Å². The summed E-state index contributed by atoms with van der Waals surface area (Å²) in [4.78, 5) is 34.0. The maximum atomic E-state index is 12.7. The third kappa shape index (κ3) is 4.79. The SMILES string of the molecule is CCC(=O)CC[C@@H](NC(=O)c1ccc(F)cc1)C(=O)O. The van der Waals surface area contributed by atoms with Crippen LogP contribution in [0.1, 0.15) is 36.5 Å². The van der Waals surface area contributed by atoms with Gasteiger partial charge in [0.1, 0.15) is 17.6 Å². The molecule has 5 nitrogen and oxygen atoms in total. The first kappa shape index (κ1) is 15.8. The van der Waals surface area contributed by atoms with Gasteiger partial charge >= 0.3 is 5.97 Å². The Bertz CT molecular complexity index is 498. The second-order valence-corrected chi connectivity index (χ2v) is 4.30. The summed E-state index contributed by atoms with van der Waals surface area (Å²) in [7, 11) is 0. The molecule has 0 saturated heterocycles. The smallest absolute Gasteiger partial charge is 0.326 e. The van der Waals surface area contributed by atoms with Crippen molar-refractivity contribution < 1.29 is 23.9 Å². The van der Waals surface area contributed by atoms with Gasteiger partial charge in [-0.05, 0) is 30.7 Å². The number of rotatable bonds is 7. The maximum absolute atomic E-state index is 12.7. The van der Waals surface area contributed by atoms with Crippen LogP contribution in [0.25, 0.3) is 0 Å². The van der Waals surface area contributed by atoms with Crippen LogP contribution in [0.3, 0.4) is 0 Å². The molecule has 0 spiro atoms. The number of hydrogen-bond donors (Lipinski definition) is 2.